The van der Waals surface area contributed by atoms with Crippen LogP contribution in [0.5, 0.6) is 0 Å². The van der Waals surface area contributed by atoms with E-state index in [1.54, 1.807) is 30.4 Å². The van der Waals surface area contributed by atoms with Gasteiger partial charge in [-0.25, -0.2) is 0 Å². The Kier molecular flexibility index (Phi) is 4.82. The van der Waals surface area contributed by atoms with Gasteiger partial charge in [-0.05, 0) is 24.6 Å². The first-order valence-electron chi connectivity index (χ1n) is 5.85. The molecule has 1 aromatic rings. The summed E-state index contributed by atoms with van der Waals surface area (Å²) in [6.45, 7) is 3.75. The average Bonchev–Trinajstić information content (AvgIpc) is 2.83. The number of ketones is 1. The van der Waals surface area contributed by atoms with Gasteiger partial charge in [-0.3, -0.25) is 4.79 Å². The second-order valence-electron chi connectivity index (χ2n) is 4.23. The van der Waals surface area contributed by atoms with Gasteiger partial charge in [0.25, 0.3) is 0 Å². The molecule has 1 saturated heterocycles. The molecule has 4 heteroatoms. The van der Waals surface area contributed by atoms with Gasteiger partial charge < -0.3 is 0 Å². The Morgan fingerprint density at radius 2 is 1.78 bits per heavy atom. The maximum atomic E-state index is 11.9. The summed E-state index contributed by atoms with van der Waals surface area (Å²) in [7, 11) is 0. The first-order valence-corrected chi connectivity index (χ1v) is 8.20. The highest BCUT2D eigenvalue weighted by molar-refractivity contribution is 8.25. The number of carbonyl (C=O) groups is 1. The first kappa shape index (κ1) is 14.0. The number of halogens is 1. The largest absolute Gasteiger partial charge is 0.295 e. The van der Waals surface area contributed by atoms with Crippen molar-refractivity contribution in [2.24, 2.45) is 0 Å². The SMILES string of the molecule is CC(=O)C(=C1SCCS1)C(C)c1ccc(Cl)cc1. The zero-order valence-corrected chi connectivity index (χ0v) is 12.8. The van der Waals surface area contributed by atoms with Crippen LogP contribution in [0.3, 0.4) is 0 Å². The van der Waals surface area contributed by atoms with Crippen molar-refractivity contribution in [1.82, 2.24) is 0 Å². The highest BCUT2D eigenvalue weighted by atomic mass is 35.5. The molecule has 0 spiro atoms. The molecule has 0 amide bonds. The minimum atomic E-state index is 0.132. The van der Waals surface area contributed by atoms with Crippen LogP contribution < -0.4 is 0 Å². The van der Waals surface area contributed by atoms with Crippen LogP contribution in [0.25, 0.3) is 0 Å². The second kappa shape index (κ2) is 6.18. The number of hydrogen-bond acceptors (Lipinski definition) is 3. The molecule has 2 rings (SSSR count). The molecule has 1 unspecified atom stereocenters. The van der Waals surface area contributed by atoms with Crippen molar-refractivity contribution >= 4 is 40.9 Å². The van der Waals surface area contributed by atoms with Gasteiger partial charge in [-0.2, -0.15) is 0 Å². The maximum absolute atomic E-state index is 11.9. The summed E-state index contributed by atoms with van der Waals surface area (Å²) in [5, 5.41) is 0.729. The van der Waals surface area contributed by atoms with E-state index < -0.39 is 0 Å². The van der Waals surface area contributed by atoms with Gasteiger partial charge >= 0.3 is 0 Å². The molecule has 1 heterocycles. The van der Waals surface area contributed by atoms with E-state index in [2.05, 4.69) is 6.92 Å². The number of allylic oxidation sites excluding steroid dienone is 1. The van der Waals surface area contributed by atoms with Crippen molar-refractivity contribution < 1.29 is 4.79 Å². The van der Waals surface area contributed by atoms with Crippen molar-refractivity contribution in [2.45, 2.75) is 19.8 Å². The lowest BCUT2D eigenvalue weighted by Crippen LogP contribution is -2.07. The van der Waals surface area contributed by atoms with Crippen molar-refractivity contribution in [3.05, 3.63) is 44.7 Å². The fourth-order valence-corrected chi connectivity index (χ4v) is 4.96. The Morgan fingerprint density at radius 1 is 1.22 bits per heavy atom. The number of carbonyl (C=O) groups excluding carboxylic acids is 1. The summed E-state index contributed by atoms with van der Waals surface area (Å²) in [4.78, 5) is 11.9. The molecule has 1 aliphatic heterocycles. The van der Waals surface area contributed by atoms with Gasteiger partial charge in [-0.1, -0.05) is 30.7 Å². The summed E-state index contributed by atoms with van der Waals surface area (Å²) in [6.07, 6.45) is 0. The van der Waals surface area contributed by atoms with E-state index in [-0.39, 0.29) is 11.7 Å². The third kappa shape index (κ3) is 3.14. The normalized spacial score (nSPS) is 16.7. The van der Waals surface area contributed by atoms with Gasteiger partial charge in [0.1, 0.15) is 0 Å². The van der Waals surface area contributed by atoms with Crippen LogP contribution in [0.1, 0.15) is 25.3 Å². The molecule has 18 heavy (non-hydrogen) atoms. The van der Waals surface area contributed by atoms with Crippen LogP contribution in [0.4, 0.5) is 0 Å². The van der Waals surface area contributed by atoms with E-state index in [1.807, 2.05) is 24.3 Å². The standard InChI is InChI=1S/C14H15ClOS2/c1-9(11-3-5-12(15)6-4-11)13(10(2)16)14-17-7-8-18-14/h3-6,9H,7-8H2,1-2H3. The quantitative estimate of drug-likeness (QED) is 0.751. The molecule has 0 saturated carbocycles. The van der Waals surface area contributed by atoms with Crippen molar-refractivity contribution in [3.63, 3.8) is 0 Å². The van der Waals surface area contributed by atoms with E-state index >= 15 is 0 Å². The summed E-state index contributed by atoms with van der Waals surface area (Å²) in [5.41, 5.74) is 2.09. The molecule has 0 aliphatic carbocycles. The smallest absolute Gasteiger partial charge is 0.158 e. The van der Waals surface area contributed by atoms with E-state index in [9.17, 15) is 4.79 Å². The molecule has 1 aromatic carbocycles. The van der Waals surface area contributed by atoms with Crippen LogP contribution in [-0.2, 0) is 4.79 Å². The predicted octanol–water partition coefficient (Wildman–Crippen LogP) is 4.72. The Morgan fingerprint density at radius 3 is 2.28 bits per heavy atom. The zero-order valence-electron chi connectivity index (χ0n) is 10.4. The highest BCUT2D eigenvalue weighted by Crippen LogP contribution is 2.43. The fraction of sp³-hybridized carbons (Fsp3) is 0.357. The number of thioether (sulfide) groups is 2. The van der Waals surface area contributed by atoms with E-state index in [0.29, 0.717) is 0 Å². The minimum Gasteiger partial charge on any atom is -0.295 e. The molecular formula is C14H15ClOS2. The number of hydrogen-bond donors (Lipinski definition) is 0. The van der Waals surface area contributed by atoms with Gasteiger partial charge in [0.2, 0.25) is 0 Å². The Bertz CT molecular complexity index is 471. The molecular weight excluding hydrogens is 284 g/mol. The van der Waals surface area contributed by atoms with E-state index in [1.165, 1.54) is 4.24 Å². The molecule has 0 N–H and O–H groups in total. The molecule has 0 bridgehead atoms. The zero-order chi connectivity index (χ0) is 13.1. The lowest BCUT2D eigenvalue weighted by Gasteiger charge is -2.16. The maximum Gasteiger partial charge on any atom is 0.158 e. The summed E-state index contributed by atoms with van der Waals surface area (Å²) in [6, 6.07) is 7.76. The van der Waals surface area contributed by atoms with Crippen molar-refractivity contribution in [3.8, 4) is 0 Å². The minimum absolute atomic E-state index is 0.132. The van der Waals surface area contributed by atoms with Crippen LogP contribution in [0.2, 0.25) is 5.02 Å². The van der Waals surface area contributed by atoms with Crippen LogP contribution in [-0.4, -0.2) is 17.3 Å². The average molecular weight is 299 g/mol. The van der Waals surface area contributed by atoms with Gasteiger partial charge in [0.05, 0.1) is 0 Å². The van der Waals surface area contributed by atoms with Crippen molar-refractivity contribution in [2.75, 3.05) is 11.5 Å². The number of Topliss-reactive ketones (excluding diaryl/α,β-unsaturated/α-hetero) is 1. The Balaban J connectivity index is 2.34. The predicted molar refractivity (Wildman–Crippen MR) is 82.5 cm³/mol. The van der Waals surface area contributed by atoms with Crippen LogP contribution in [0, 0.1) is 0 Å². The van der Waals surface area contributed by atoms with E-state index in [0.717, 1.165) is 27.7 Å². The first-order chi connectivity index (χ1) is 8.59. The lowest BCUT2D eigenvalue weighted by molar-refractivity contribution is -0.113. The van der Waals surface area contributed by atoms with Crippen LogP contribution in [0.15, 0.2) is 34.1 Å². The number of benzene rings is 1. The van der Waals surface area contributed by atoms with Gasteiger partial charge in [0.15, 0.2) is 5.78 Å². The Hall–Kier alpha value is -0.380. The molecule has 1 aliphatic rings. The number of rotatable bonds is 3. The summed E-state index contributed by atoms with van der Waals surface area (Å²) < 4.78 is 1.20. The monoisotopic (exact) mass is 298 g/mol. The third-order valence-corrected chi connectivity index (χ3v) is 5.95. The van der Waals surface area contributed by atoms with E-state index in [4.69, 9.17) is 11.6 Å². The molecule has 96 valence electrons. The topological polar surface area (TPSA) is 17.1 Å². The van der Waals surface area contributed by atoms with Crippen LogP contribution >= 0.6 is 35.1 Å². The van der Waals surface area contributed by atoms with Gasteiger partial charge in [-0.15, -0.1) is 23.5 Å². The Labute approximate surface area is 121 Å². The molecule has 0 aromatic heterocycles. The molecule has 0 radical (unpaired) electrons. The fourth-order valence-electron chi connectivity index (χ4n) is 2.01. The molecule has 1 atom stereocenters. The molecule has 1 nitrogen and oxygen atoms in total. The van der Waals surface area contributed by atoms with Gasteiger partial charge in [0, 0.05) is 32.3 Å². The lowest BCUT2D eigenvalue weighted by atomic mass is 9.92. The third-order valence-electron chi connectivity index (χ3n) is 2.95. The van der Waals surface area contributed by atoms with Crippen molar-refractivity contribution in [1.29, 1.82) is 0 Å². The summed E-state index contributed by atoms with van der Waals surface area (Å²) >= 11 is 9.50. The summed E-state index contributed by atoms with van der Waals surface area (Å²) in [5.74, 6) is 2.51. The second-order valence-corrected chi connectivity index (χ2v) is 7.13. The highest BCUT2D eigenvalue weighted by Gasteiger charge is 2.23. The molecule has 1 fully saturated rings.